The highest BCUT2D eigenvalue weighted by Gasteiger charge is 2.43. The highest BCUT2D eigenvalue weighted by Crippen LogP contribution is 2.29. The number of amides is 1. The van der Waals surface area contributed by atoms with Gasteiger partial charge in [0, 0.05) is 24.3 Å². The zero-order valence-corrected chi connectivity index (χ0v) is 22.7. The van der Waals surface area contributed by atoms with Crippen molar-refractivity contribution in [3.8, 4) is 5.75 Å². The molecule has 0 bridgehead atoms. The van der Waals surface area contributed by atoms with Crippen LogP contribution in [0.4, 0.5) is 11.4 Å². The van der Waals surface area contributed by atoms with Crippen molar-refractivity contribution in [2.24, 2.45) is 0 Å². The highest BCUT2D eigenvalue weighted by atomic mass is 32.2. The number of hydrogen-bond acceptors (Lipinski definition) is 7. The lowest BCUT2D eigenvalue weighted by molar-refractivity contribution is -0.119. The Hall–Kier alpha value is -3.45. The van der Waals surface area contributed by atoms with Gasteiger partial charge in [0.25, 0.3) is 10.0 Å². The Bertz CT molecular complexity index is 1540. The lowest BCUT2D eigenvalue weighted by Crippen LogP contribution is -2.43. The summed E-state index contributed by atoms with van der Waals surface area (Å²) < 4.78 is 61.3. The van der Waals surface area contributed by atoms with Crippen LogP contribution in [-0.2, 0) is 24.8 Å². The van der Waals surface area contributed by atoms with E-state index in [2.05, 4.69) is 10.0 Å². The van der Waals surface area contributed by atoms with E-state index < -0.39 is 38.1 Å². The quantitative estimate of drug-likeness (QED) is 0.385. The molecule has 1 aliphatic rings. The summed E-state index contributed by atoms with van der Waals surface area (Å²) in [5.41, 5.74) is 1.83. The SMILES string of the molecule is COc1ccc(NS(=O)(=O)c2cc(NC(=O)[C@@H]3C[C@H](O)CN3S(=O)(=O)c3ccc(C)cc3)ccc2C)cc1. The van der Waals surface area contributed by atoms with Crippen molar-refractivity contribution in [1.82, 2.24) is 4.31 Å². The third-order valence-corrected chi connectivity index (χ3v) is 9.66. The van der Waals surface area contributed by atoms with Crippen LogP contribution >= 0.6 is 0 Å². The minimum atomic E-state index is -4.05. The van der Waals surface area contributed by atoms with Gasteiger partial charge in [-0.15, -0.1) is 0 Å². The fourth-order valence-corrected chi connectivity index (χ4v) is 7.16. The van der Waals surface area contributed by atoms with E-state index >= 15 is 0 Å². The molecule has 1 aliphatic heterocycles. The molecule has 1 amide bonds. The number of aliphatic hydroxyl groups is 1. The average molecular weight is 560 g/mol. The molecule has 1 fully saturated rings. The molecule has 0 aliphatic carbocycles. The van der Waals surface area contributed by atoms with E-state index in [1.54, 1.807) is 49.4 Å². The number of hydrogen-bond donors (Lipinski definition) is 3. The number of ether oxygens (including phenoxy) is 1. The van der Waals surface area contributed by atoms with Crippen LogP contribution < -0.4 is 14.8 Å². The second-order valence-electron chi connectivity index (χ2n) is 9.10. The molecule has 0 radical (unpaired) electrons. The minimum absolute atomic E-state index is 0.0170. The molecule has 12 heteroatoms. The first kappa shape index (κ1) is 27.6. The molecule has 0 unspecified atom stereocenters. The number of rotatable bonds is 8. The first-order chi connectivity index (χ1) is 17.9. The molecule has 0 spiro atoms. The Morgan fingerprint density at radius 1 is 0.947 bits per heavy atom. The molecule has 202 valence electrons. The van der Waals surface area contributed by atoms with Crippen LogP contribution in [0.1, 0.15) is 17.5 Å². The fourth-order valence-electron chi connectivity index (χ4n) is 4.20. The molecule has 4 rings (SSSR count). The molecule has 0 saturated carbocycles. The Balaban J connectivity index is 1.56. The minimum Gasteiger partial charge on any atom is -0.497 e. The smallest absolute Gasteiger partial charge is 0.262 e. The molecule has 3 aromatic rings. The molecule has 3 N–H and O–H groups in total. The van der Waals surface area contributed by atoms with Gasteiger partial charge in [0.2, 0.25) is 15.9 Å². The van der Waals surface area contributed by atoms with Gasteiger partial charge in [-0.1, -0.05) is 23.8 Å². The van der Waals surface area contributed by atoms with Crippen LogP contribution in [0.25, 0.3) is 0 Å². The van der Waals surface area contributed by atoms with Crippen molar-refractivity contribution < 1.29 is 31.5 Å². The van der Waals surface area contributed by atoms with Crippen LogP contribution in [0.15, 0.2) is 76.5 Å². The van der Waals surface area contributed by atoms with Crippen molar-refractivity contribution in [3.63, 3.8) is 0 Å². The lowest BCUT2D eigenvalue weighted by Gasteiger charge is -2.23. The van der Waals surface area contributed by atoms with E-state index in [-0.39, 0.29) is 28.4 Å². The molecular weight excluding hydrogens is 530 g/mol. The van der Waals surface area contributed by atoms with E-state index in [4.69, 9.17) is 4.74 Å². The molecule has 0 aromatic heterocycles. The van der Waals surface area contributed by atoms with Gasteiger partial charge >= 0.3 is 0 Å². The number of β-amino-alcohol motifs (C(OH)–C–C–N with tert-alkyl or cyclic N) is 1. The summed E-state index contributed by atoms with van der Waals surface area (Å²) in [6, 6.07) is 15.8. The topological polar surface area (TPSA) is 142 Å². The fraction of sp³-hybridized carbons (Fsp3) is 0.269. The van der Waals surface area contributed by atoms with Gasteiger partial charge in [0.1, 0.15) is 11.8 Å². The number of nitrogens with zero attached hydrogens (tertiary/aromatic N) is 1. The zero-order valence-electron chi connectivity index (χ0n) is 21.1. The third kappa shape index (κ3) is 5.83. The number of benzene rings is 3. The van der Waals surface area contributed by atoms with Crippen molar-refractivity contribution in [2.75, 3.05) is 23.7 Å². The second-order valence-corrected chi connectivity index (χ2v) is 12.6. The first-order valence-corrected chi connectivity index (χ1v) is 14.7. The third-order valence-electron chi connectivity index (χ3n) is 6.25. The Labute approximate surface area is 222 Å². The van der Waals surface area contributed by atoms with Gasteiger partial charge in [-0.2, -0.15) is 4.31 Å². The van der Waals surface area contributed by atoms with Crippen LogP contribution in [-0.4, -0.2) is 58.0 Å². The molecule has 3 aromatic carbocycles. The molecule has 10 nitrogen and oxygen atoms in total. The molecule has 1 saturated heterocycles. The maximum absolute atomic E-state index is 13.2. The number of aliphatic hydroxyl groups excluding tert-OH is 1. The van der Waals surface area contributed by atoms with Gasteiger partial charge in [0.15, 0.2) is 0 Å². The van der Waals surface area contributed by atoms with Gasteiger partial charge in [-0.3, -0.25) is 9.52 Å². The summed E-state index contributed by atoms with van der Waals surface area (Å²) in [4.78, 5) is 13.2. The maximum Gasteiger partial charge on any atom is 0.262 e. The monoisotopic (exact) mass is 559 g/mol. The number of carbonyl (C=O) groups is 1. The maximum atomic E-state index is 13.2. The standard InChI is InChI=1S/C26H29N3O7S2/c1-17-4-12-23(13-5-17)38(34,35)29-16-21(30)15-24(29)26(31)27-20-7-6-18(2)25(14-20)37(32,33)28-19-8-10-22(36-3)11-9-19/h4-14,21,24,28,30H,15-16H2,1-3H3,(H,27,31)/t21-,24-/m0/s1. The number of nitrogens with one attached hydrogen (secondary N) is 2. The van der Waals surface area contributed by atoms with Gasteiger partial charge in [-0.05, 0) is 67.9 Å². The summed E-state index contributed by atoms with van der Waals surface area (Å²) in [7, 11) is -6.56. The van der Waals surface area contributed by atoms with Crippen molar-refractivity contribution in [1.29, 1.82) is 0 Å². The van der Waals surface area contributed by atoms with Gasteiger partial charge < -0.3 is 15.2 Å². The van der Waals surface area contributed by atoms with Crippen LogP contribution in [0.2, 0.25) is 0 Å². The second kappa shape index (κ2) is 10.7. The lowest BCUT2D eigenvalue weighted by atomic mass is 10.2. The van der Waals surface area contributed by atoms with Crippen molar-refractivity contribution >= 4 is 37.3 Å². The Morgan fingerprint density at radius 3 is 2.21 bits per heavy atom. The largest absolute Gasteiger partial charge is 0.497 e. The number of aryl methyl sites for hydroxylation is 2. The van der Waals surface area contributed by atoms with Crippen LogP contribution in [0, 0.1) is 13.8 Å². The normalized spacial score (nSPS) is 18.2. The predicted octanol–water partition coefficient (Wildman–Crippen LogP) is 2.88. The average Bonchev–Trinajstić information content (AvgIpc) is 3.28. The summed E-state index contributed by atoms with van der Waals surface area (Å²) >= 11 is 0. The molecule has 38 heavy (non-hydrogen) atoms. The molecule has 1 heterocycles. The summed E-state index contributed by atoms with van der Waals surface area (Å²) in [6.07, 6.45) is -1.11. The predicted molar refractivity (Wildman–Crippen MR) is 143 cm³/mol. The summed E-state index contributed by atoms with van der Waals surface area (Å²) in [5, 5.41) is 12.8. The van der Waals surface area contributed by atoms with E-state index in [1.807, 2.05) is 6.92 Å². The Morgan fingerprint density at radius 2 is 1.58 bits per heavy atom. The molecular formula is C26H29N3O7S2. The van der Waals surface area contributed by atoms with Gasteiger partial charge in [0.05, 0.1) is 23.0 Å². The van der Waals surface area contributed by atoms with E-state index in [1.165, 1.54) is 31.4 Å². The van der Waals surface area contributed by atoms with Crippen LogP contribution in [0.5, 0.6) is 5.75 Å². The summed E-state index contributed by atoms with van der Waals surface area (Å²) in [6.45, 7) is 3.22. The Kier molecular flexibility index (Phi) is 7.79. The van der Waals surface area contributed by atoms with E-state index in [0.717, 1.165) is 9.87 Å². The number of carbonyl (C=O) groups excluding carboxylic acids is 1. The number of anilines is 2. The highest BCUT2D eigenvalue weighted by molar-refractivity contribution is 7.92. The molecule has 2 atom stereocenters. The van der Waals surface area contributed by atoms with E-state index in [9.17, 15) is 26.7 Å². The summed E-state index contributed by atoms with van der Waals surface area (Å²) in [5.74, 6) is -0.100. The van der Waals surface area contributed by atoms with Crippen molar-refractivity contribution in [3.05, 3.63) is 77.9 Å². The van der Waals surface area contributed by atoms with E-state index in [0.29, 0.717) is 17.0 Å². The first-order valence-electron chi connectivity index (χ1n) is 11.8. The number of methoxy groups -OCH3 is 1. The van der Waals surface area contributed by atoms with Crippen LogP contribution in [0.3, 0.4) is 0 Å². The zero-order chi connectivity index (χ0) is 27.7. The van der Waals surface area contributed by atoms with Gasteiger partial charge in [-0.25, -0.2) is 16.8 Å². The van der Waals surface area contributed by atoms with Crippen molar-refractivity contribution in [2.45, 2.75) is 42.2 Å². The number of sulfonamides is 2.